The van der Waals surface area contributed by atoms with Crippen LogP contribution in [0, 0.1) is 10.1 Å². The molecule has 0 aliphatic carbocycles. The van der Waals surface area contributed by atoms with E-state index in [-0.39, 0.29) is 24.5 Å². The fourth-order valence-corrected chi connectivity index (χ4v) is 1.21. The molecule has 0 aromatic heterocycles. The highest BCUT2D eigenvalue weighted by Gasteiger charge is 2.16. The van der Waals surface area contributed by atoms with Crippen molar-refractivity contribution in [3.05, 3.63) is 28.3 Å². The van der Waals surface area contributed by atoms with Crippen LogP contribution >= 0.6 is 0 Å². The van der Waals surface area contributed by atoms with Crippen molar-refractivity contribution in [2.75, 3.05) is 13.7 Å². The van der Waals surface area contributed by atoms with Crippen LogP contribution in [0.3, 0.4) is 0 Å². The van der Waals surface area contributed by atoms with Crippen LogP contribution in [-0.2, 0) is 4.79 Å². The molecule has 1 aromatic rings. The first kappa shape index (κ1) is 13.7. The molecule has 0 bridgehead atoms. The van der Waals surface area contributed by atoms with E-state index in [9.17, 15) is 14.9 Å². The Kier molecular flexibility index (Phi) is 4.88. The fourth-order valence-electron chi connectivity index (χ4n) is 1.21. The Labute approximate surface area is 103 Å². The lowest BCUT2D eigenvalue weighted by molar-refractivity contribution is -0.385. The van der Waals surface area contributed by atoms with Crippen molar-refractivity contribution in [2.24, 2.45) is 5.84 Å². The molecule has 8 nitrogen and oxygen atoms in total. The van der Waals surface area contributed by atoms with Crippen molar-refractivity contribution in [1.29, 1.82) is 0 Å². The number of nitrogens with zero attached hydrogens (tertiary/aromatic N) is 1. The number of nitro groups is 1. The quantitative estimate of drug-likeness (QED) is 0.328. The number of nitro benzene ring substituents is 1. The van der Waals surface area contributed by atoms with E-state index in [0.29, 0.717) is 5.75 Å². The Hall–Kier alpha value is -2.35. The second-order valence-corrected chi connectivity index (χ2v) is 3.26. The highest BCUT2D eigenvalue weighted by Crippen LogP contribution is 2.30. The summed E-state index contributed by atoms with van der Waals surface area (Å²) in [6.07, 6.45) is 0.0136. The summed E-state index contributed by atoms with van der Waals surface area (Å²) in [7, 11) is 1.41. The fraction of sp³-hybridized carbons (Fsp3) is 0.300. The molecule has 1 amide bonds. The van der Waals surface area contributed by atoms with Crippen LogP contribution in [0.4, 0.5) is 5.69 Å². The molecule has 3 N–H and O–H groups in total. The van der Waals surface area contributed by atoms with Gasteiger partial charge in [0.1, 0.15) is 5.75 Å². The SMILES string of the molecule is COc1ccc(OCCC(=O)NN)c([N+](=O)[O-])c1. The Balaban J connectivity index is 2.75. The van der Waals surface area contributed by atoms with Gasteiger partial charge in [0.25, 0.3) is 0 Å². The summed E-state index contributed by atoms with van der Waals surface area (Å²) in [5.74, 6) is 4.91. The second kappa shape index (κ2) is 6.40. The number of ether oxygens (including phenoxy) is 2. The molecule has 0 spiro atoms. The highest BCUT2D eigenvalue weighted by atomic mass is 16.6. The zero-order valence-electron chi connectivity index (χ0n) is 9.71. The van der Waals surface area contributed by atoms with Crippen molar-refractivity contribution in [3.63, 3.8) is 0 Å². The third kappa shape index (κ3) is 3.59. The number of amides is 1. The number of hydrazine groups is 1. The Bertz CT molecular complexity index is 449. The van der Waals surface area contributed by atoms with Crippen molar-refractivity contribution in [1.82, 2.24) is 5.43 Å². The summed E-state index contributed by atoms with van der Waals surface area (Å²) in [4.78, 5) is 21.1. The first-order chi connectivity index (χ1) is 8.58. The van der Waals surface area contributed by atoms with Gasteiger partial charge in [-0.1, -0.05) is 0 Å². The van der Waals surface area contributed by atoms with Gasteiger partial charge in [0.15, 0.2) is 5.75 Å². The number of carbonyl (C=O) groups excluding carboxylic acids is 1. The number of rotatable bonds is 6. The van der Waals surface area contributed by atoms with E-state index in [4.69, 9.17) is 15.3 Å². The predicted molar refractivity (Wildman–Crippen MR) is 62.1 cm³/mol. The van der Waals surface area contributed by atoms with E-state index in [1.54, 1.807) is 0 Å². The standard InChI is InChI=1S/C10H13N3O5/c1-17-7-2-3-9(8(6-7)13(15)16)18-5-4-10(14)12-11/h2-3,6H,4-5,11H2,1H3,(H,12,14). The summed E-state index contributed by atoms with van der Waals surface area (Å²) < 4.78 is 10.0. The molecular weight excluding hydrogens is 242 g/mol. The predicted octanol–water partition coefficient (Wildman–Crippen LogP) is 0.362. The average Bonchev–Trinajstić information content (AvgIpc) is 2.38. The Morgan fingerprint density at radius 2 is 2.28 bits per heavy atom. The van der Waals surface area contributed by atoms with Gasteiger partial charge < -0.3 is 9.47 Å². The molecule has 18 heavy (non-hydrogen) atoms. The lowest BCUT2D eigenvalue weighted by atomic mass is 10.3. The van der Waals surface area contributed by atoms with Crippen LogP contribution in [-0.4, -0.2) is 24.5 Å². The third-order valence-corrected chi connectivity index (χ3v) is 2.11. The first-order valence-electron chi connectivity index (χ1n) is 5.03. The summed E-state index contributed by atoms with van der Waals surface area (Å²) in [5, 5.41) is 10.8. The van der Waals surface area contributed by atoms with E-state index in [0.717, 1.165) is 0 Å². The molecule has 98 valence electrons. The molecule has 1 aromatic carbocycles. The van der Waals surface area contributed by atoms with Crippen LogP contribution in [0.2, 0.25) is 0 Å². The number of nitrogens with one attached hydrogen (secondary N) is 1. The number of benzene rings is 1. The minimum absolute atomic E-state index is 0.00377. The zero-order valence-corrected chi connectivity index (χ0v) is 9.71. The molecule has 0 heterocycles. The van der Waals surface area contributed by atoms with Crippen LogP contribution < -0.4 is 20.7 Å². The van der Waals surface area contributed by atoms with Crippen LogP contribution in [0.25, 0.3) is 0 Å². The molecule has 0 saturated heterocycles. The van der Waals surface area contributed by atoms with Gasteiger partial charge in [-0.05, 0) is 12.1 Å². The zero-order chi connectivity index (χ0) is 13.5. The summed E-state index contributed by atoms with van der Waals surface area (Å²) in [5.41, 5.74) is 1.71. The van der Waals surface area contributed by atoms with Crippen molar-refractivity contribution >= 4 is 11.6 Å². The van der Waals surface area contributed by atoms with Crippen molar-refractivity contribution in [2.45, 2.75) is 6.42 Å². The average molecular weight is 255 g/mol. The summed E-state index contributed by atoms with van der Waals surface area (Å²) >= 11 is 0. The minimum Gasteiger partial charge on any atom is -0.496 e. The van der Waals surface area contributed by atoms with E-state index >= 15 is 0 Å². The van der Waals surface area contributed by atoms with Gasteiger partial charge in [0.2, 0.25) is 5.91 Å². The summed E-state index contributed by atoms with van der Waals surface area (Å²) in [6, 6.07) is 4.20. The monoisotopic (exact) mass is 255 g/mol. The van der Waals surface area contributed by atoms with Crippen LogP contribution in [0.15, 0.2) is 18.2 Å². The van der Waals surface area contributed by atoms with Crippen molar-refractivity contribution < 1.29 is 19.2 Å². The minimum atomic E-state index is -0.582. The summed E-state index contributed by atoms with van der Waals surface area (Å²) in [6.45, 7) is -0.00377. The molecule has 0 aliphatic heterocycles. The van der Waals surface area contributed by atoms with Gasteiger partial charge in [-0.25, -0.2) is 5.84 Å². The normalized spacial score (nSPS) is 9.67. The smallest absolute Gasteiger partial charge is 0.314 e. The van der Waals surface area contributed by atoms with E-state index in [1.807, 2.05) is 5.43 Å². The maximum Gasteiger partial charge on any atom is 0.314 e. The van der Waals surface area contributed by atoms with Gasteiger partial charge in [0, 0.05) is 0 Å². The largest absolute Gasteiger partial charge is 0.496 e. The molecule has 1 rings (SSSR count). The van der Waals surface area contributed by atoms with E-state index < -0.39 is 10.8 Å². The number of nitrogens with two attached hydrogens (primary N) is 1. The number of methoxy groups -OCH3 is 1. The number of hydrogen-bond donors (Lipinski definition) is 2. The topological polar surface area (TPSA) is 117 Å². The Morgan fingerprint density at radius 1 is 1.56 bits per heavy atom. The molecule has 8 heteroatoms. The molecular formula is C10H13N3O5. The number of carbonyl (C=O) groups is 1. The molecule has 0 saturated carbocycles. The van der Waals surface area contributed by atoms with Gasteiger partial charge in [-0.15, -0.1) is 0 Å². The van der Waals surface area contributed by atoms with Crippen molar-refractivity contribution in [3.8, 4) is 11.5 Å². The first-order valence-corrected chi connectivity index (χ1v) is 5.03. The van der Waals surface area contributed by atoms with Crippen LogP contribution in [0.1, 0.15) is 6.42 Å². The highest BCUT2D eigenvalue weighted by molar-refractivity contribution is 5.75. The van der Waals surface area contributed by atoms with Gasteiger partial charge in [-0.2, -0.15) is 0 Å². The third-order valence-electron chi connectivity index (χ3n) is 2.11. The molecule has 0 atom stereocenters. The van der Waals surface area contributed by atoms with E-state index in [2.05, 4.69) is 0 Å². The number of hydrogen-bond acceptors (Lipinski definition) is 6. The molecule has 0 aliphatic rings. The maximum absolute atomic E-state index is 10.9. The molecule has 0 radical (unpaired) electrons. The van der Waals surface area contributed by atoms with Crippen LogP contribution in [0.5, 0.6) is 11.5 Å². The second-order valence-electron chi connectivity index (χ2n) is 3.26. The maximum atomic E-state index is 10.9. The van der Waals surface area contributed by atoms with E-state index in [1.165, 1.54) is 25.3 Å². The van der Waals surface area contributed by atoms with Gasteiger partial charge in [0.05, 0.1) is 31.1 Å². The molecule has 0 unspecified atom stereocenters. The lowest BCUT2D eigenvalue weighted by Gasteiger charge is -2.07. The Morgan fingerprint density at radius 3 is 2.83 bits per heavy atom. The lowest BCUT2D eigenvalue weighted by Crippen LogP contribution is -2.31. The van der Waals surface area contributed by atoms with Gasteiger partial charge >= 0.3 is 5.69 Å². The van der Waals surface area contributed by atoms with Gasteiger partial charge in [-0.3, -0.25) is 20.3 Å². The molecule has 0 fully saturated rings.